The third-order valence-electron chi connectivity index (χ3n) is 4.95. The average Bonchev–Trinajstić information content (AvgIpc) is 3.08. The first-order valence-corrected chi connectivity index (χ1v) is 12.6. The van der Waals surface area contributed by atoms with E-state index >= 15 is 0 Å². The molecule has 0 spiro atoms. The predicted octanol–water partition coefficient (Wildman–Crippen LogP) is 5.49. The van der Waals surface area contributed by atoms with E-state index in [0.717, 1.165) is 16.7 Å². The van der Waals surface area contributed by atoms with Crippen molar-refractivity contribution >= 4 is 50.7 Å². The Bertz CT molecular complexity index is 1440. The molecule has 0 saturated carbocycles. The summed E-state index contributed by atoms with van der Waals surface area (Å²) in [6.07, 6.45) is 1.46. The van der Waals surface area contributed by atoms with Crippen LogP contribution in [0.15, 0.2) is 76.5 Å². The molecule has 4 rings (SSSR count). The SMILES string of the molecule is COc1cc(/C=C2\SC(=O)N(Cc3ccccc3F)C2=O)ccc1OS(=O)(=O)c1ccc(Cl)cc1. The van der Waals surface area contributed by atoms with E-state index in [2.05, 4.69) is 0 Å². The minimum absolute atomic E-state index is 0.0627. The fourth-order valence-corrected chi connectivity index (χ4v) is 5.10. The van der Waals surface area contributed by atoms with E-state index in [0.29, 0.717) is 10.6 Å². The van der Waals surface area contributed by atoms with E-state index in [9.17, 15) is 22.4 Å². The summed E-state index contributed by atoms with van der Waals surface area (Å²) in [5, 5.41) is -0.144. The maximum absolute atomic E-state index is 14.0. The van der Waals surface area contributed by atoms with Crippen molar-refractivity contribution in [3.8, 4) is 11.5 Å². The molecule has 0 bridgehead atoms. The number of nitrogens with zero attached hydrogens (tertiary/aromatic N) is 1. The first-order valence-electron chi connectivity index (χ1n) is 10.0. The van der Waals surface area contributed by atoms with Crippen molar-refractivity contribution in [3.63, 3.8) is 0 Å². The van der Waals surface area contributed by atoms with Gasteiger partial charge in [-0.15, -0.1) is 0 Å². The van der Waals surface area contributed by atoms with Gasteiger partial charge in [-0.1, -0.05) is 35.9 Å². The summed E-state index contributed by atoms with van der Waals surface area (Å²) in [5.41, 5.74) is 0.690. The molecular weight excluding hydrogens is 517 g/mol. The van der Waals surface area contributed by atoms with Gasteiger partial charge in [-0.05, 0) is 65.9 Å². The van der Waals surface area contributed by atoms with Crippen LogP contribution in [0.4, 0.5) is 9.18 Å². The van der Waals surface area contributed by atoms with Crippen LogP contribution >= 0.6 is 23.4 Å². The molecule has 1 saturated heterocycles. The highest BCUT2D eigenvalue weighted by atomic mass is 35.5. The van der Waals surface area contributed by atoms with Crippen molar-refractivity contribution in [2.75, 3.05) is 7.11 Å². The lowest BCUT2D eigenvalue weighted by atomic mass is 10.1. The monoisotopic (exact) mass is 533 g/mol. The Hall–Kier alpha value is -3.34. The number of halogens is 2. The zero-order valence-electron chi connectivity index (χ0n) is 18.1. The van der Waals surface area contributed by atoms with Gasteiger partial charge in [0.1, 0.15) is 10.7 Å². The van der Waals surface area contributed by atoms with Crippen LogP contribution in [0.25, 0.3) is 6.08 Å². The average molecular weight is 534 g/mol. The van der Waals surface area contributed by atoms with Crippen molar-refractivity contribution < 1.29 is 31.3 Å². The van der Waals surface area contributed by atoms with Crippen LogP contribution in [0.3, 0.4) is 0 Å². The molecule has 1 fully saturated rings. The van der Waals surface area contributed by atoms with Gasteiger partial charge in [-0.2, -0.15) is 8.42 Å². The molecule has 1 aliphatic heterocycles. The third kappa shape index (κ3) is 5.50. The van der Waals surface area contributed by atoms with Gasteiger partial charge in [-0.25, -0.2) is 4.39 Å². The molecule has 0 aromatic heterocycles. The number of methoxy groups -OCH3 is 1. The van der Waals surface area contributed by atoms with Gasteiger partial charge in [-0.3, -0.25) is 14.5 Å². The first-order chi connectivity index (χ1) is 16.7. The lowest BCUT2D eigenvalue weighted by Gasteiger charge is -2.13. The Balaban J connectivity index is 1.55. The summed E-state index contributed by atoms with van der Waals surface area (Å²) >= 11 is 6.53. The second kappa shape index (κ2) is 10.1. The summed E-state index contributed by atoms with van der Waals surface area (Å²) in [6, 6.07) is 15.8. The number of amides is 2. The molecule has 7 nitrogen and oxygen atoms in total. The standard InChI is InChI=1S/C24H17ClFNO6S2/c1-32-21-12-15(6-11-20(21)33-35(30,31)18-9-7-17(25)8-10-18)13-22-23(28)27(24(29)34-22)14-16-4-2-3-5-19(16)26/h2-13H,14H2,1H3/b22-13-. The lowest BCUT2D eigenvalue weighted by Crippen LogP contribution is -2.27. The Morgan fingerprint density at radius 1 is 1.03 bits per heavy atom. The highest BCUT2D eigenvalue weighted by molar-refractivity contribution is 8.18. The van der Waals surface area contributed by atoms with Gasteiger partial charge in [0.25, 0.3) is 11.1 Å². The van der Waals surface area contributed by atoms with Gasteiger partial charge in [0.2, 0.25) is 0 Å². The molecule has 0 radical (unpaired) electrons. The van der Waals surface area contributed by atoms with Gasteiger partial charge >= 0.3 is 10.1 Å². The highest BCUT2D eigenvalue weighted by Gasteiger charge is 2.35. The molecule has 3 aromatic rings. The minimum Gasteiger partial charge on any atom is -0.493 e. The number of hydrogen-bond donors (Lipinski definition) is 0. The van der Waals surface area contributed by atoms with Crippen LogP contribution in [0.5, 0.6) is 11.5 Å². The van der Waals surface area contributed by atoms with Crippen molar-refractivity contribution in [2.24, 2.45) is 0 Å². The molecule has 0 aliphatic carbocycles. The number of ether oxygens (including phenoxy) is 1. The summed E-state index contributed by atoms with van der Waals surface area (Å²) < 4.78 is 49.6. The third-order valence-corrected chi connectivity index (χ3v) is 7.35. The van der Waals surface area contributed by atoms with Crippen LogP contribution in [-0.4, -0.2) is 31.6 Å². The van der Waals surface area contributed by atoms with Gasteiger partial charge < -0.3 is 8.92 Å². The number of carbonyl (C=O) groups excluding carboxylic acids is 2. The summed E-state index contributed by atoms with van der Waals surface area (Å²) in [4.78, 5) is 26.2. The first kappa shape index (κ1) is 24.8. The Morgan fingerprint density at radius 2 is 1.74 bits per heavy atom. The van der Waals surface area contributed by atoms with Crippen molar-refractivity contribution in [2.45, 2.75) is 11.4 Å². The number of imide groups is 1. The molecular formula is C24H17ClFNO6S2. The molecule has 3 aromatic carbocycles. The fourth-order valence-electron chi connectivity index (χ4n) is 3.20. The number of rotatable bonds is 7. The van der Waals surface area contributed by atoms with Crippen LogP contribution in [0, 0.1) is 5.82 Å². The maximum Gasteiger partial charge on any atom is 0.339 e. The van der Waals surface area contributed by atoms with Crippen LogP contribution in [0.1, 0.15) is 11.1 Å². The van der Waals surface area contributed by atoms with Crippen LogP contribution in [0.2, 0.25) is 5.02 Å². The van der Waals surface area contributed by atoms with E-state index in [1.807, 2.05) is 0 Å². The Morgan fingerprint density at radius 3 is 2.43 bits per heavy atom. The van der Waals surface area contributed by atoms with Crippen LogP contribution in [-0.2, 0) is 21.5 Å². The lowest BCUT2D eigenvalue weighted by molar-refractivity contribution is -0.123. The van der Waals surface area contributed by atoms with Gasteiger partial charge in [0, 0.05) is 10.6 Å². The second-order valence-corrected chi connectivity index (χ2v) is 10.2. The molecule has 0 atom stereocenters. The normalized spacial score (nSPS) is 15.1. The Labute approximate surface area is 210 Å². The smallest absolute Gasteiger partial charge is 0.339 e. The number of carbonyl (C=O) groups is 2. The predicted molar refractivity (Wildman–Crippen MR) is 130 cm³/mol. The maximum atomic E-state index is 14.0. The van der Waals surface area contributed by atoms with E-state index < -0.39 is 27.1 Å². The summed E-state index contributed by atoms with van der Waals surface area (Å²) in [6.45, 7) is -0.187. The number of thioether (sulfide) groups is 1. The molecule has 180 valence electrons. The number of benzene rings is 3. The van der Waals surface area contributed by atoms with Crippen molar-refractivity contribution in [1.29, 1.82) is 0 Å². The largest absolute Gasteiger partial charge is 0.493 e. The topological polar surface area (TPSA) is 90.0 Å². The molecule has 2 amide bonds. The zero-order chi connectivity index (χ0) is 25.2. The molecule has 35 heavy (non-hydrogen) atoms. The van der Waals surface area contributed by atoms with E-state index in [4.69, 9.17) is 20.5 Å². The molecule has 0 N–H and O–H groups in total. The molecule has 11 heteroatoms. The quantitative estimate of drug-likeness (QED) is 0.293. The van der Waals surface area contributed by atoms with E-state index in [1.54, 1.807) is 6.07 Å². The molecule has 1 heterocycles. The fraction of sp³-hybridized carbons (Fsp3) is 0.0833. The van der Waals surface area contributed by atoms with Crippen molar-refractivity contribution in [3.05, 3.63) is 93.6 Å². The van der Waals surface area contributed by atoms with E-state index in [-0.39, 0.29) is 33.4 Å². The second-order valence-electron chi connectivity index (χ2n) is 7.26. The highest BCUT2D eigenvalue weighted by Crippen LogP contribution is 2.36. The molecule has 1 aliphatic rings. The zero-order valence-corrected chi connectivity index (χ0v) is 20.5. The molecule has 0 unspecified atom stereocenters. The summed E-state index contributed by atoms with van der Waals surface area (Å²) in [7, 11) is -2.81. The minimum atomic E-state index is -4.15. The van der Waals surface area contributed by atoms with Gasteiger partial charge in [0.05, 0.1) is 18.6 Å². The van der Waals surface area contributed by atoms with E-state index in [1.165, 1.54) is 73.8 Å². The number of hydrogen-bond acceptors (Lipinski definition) is 7. The van der Waals surface area contributed by atoms with Gasteiger partial charge in [0.15, 0.2) is 11.5 Å². The Kier molecular flexibility index (Phi) is 7.15. The summed E-state index contributed by atoms with van der Waals surface area (Å²) in [5.74, 6) is -1.04. The van der Waals surface area contributed by atoms with Crippen LogP contribution < -0.4 is 8.92 Å². The van der Waals surface area contributed by atoms with Crippen molar-refractivity contribution in [1.82, 2.24) is 4.90 Å².